The predicted octanol–water partition coefficient (Wildman–Crippen LogP) is 2.44. The maximum absolute atomic E-state index is 11.8. The van der Waals surface area contributed by atoms with Crippen LogP contribution in [0.3, 0.4) is 0 Å². The van der Waals surface area contributed by atoms with Crippen LogP contribution in [0.1, 0.15) is 40.5 Å². The average molecular weight is 315 g/mol. The molecule has 1 aliphatic rings. The number of carbonyl (C=O) groups is 1. The minimum Gasteiger partial charge on any atom is -0.465 e. The van der Waals surface area contributed by atoms with Crippen LogP contribution in [-0.2, 0) is 9.47 Å². The van der Waals surface area contributed by atoms with E-state index in [0.717, 1.165) is 43.1 Å². The van der Waals surface area contributed by atoms with Crippen LogP contribution >= 0.6 is 0 Å². The van der Waals surface area contributed by atoms with Crippen LogP contribution in [0.5, 0.6) is 0 Å². The van der Waals surface area contributed by atoms with E-state index in [-0.39, 0.29) is 5.97 Å². The highest BCUT2D eigenvalue weighted by Gasteiger charge is 2.22. The number of anilines is 1. The minimum atomic E-state index is -0.379. The van der Waals surface area contributed by atoms with E-state index in [1.54, 1.807) is 12.3 Å². The largest absolute Gasteiger partial charge is 0.465 e. The molecule has 1 aliphatic heterocycles. The maximum atomic E-state index is 11.8. The van der Waals surface area contributed by atoms with E-state index in [4.69, 9.17) is 15.2 Å². The standard InChI is InChI=1S/C17H21N3O3/c1-11-9-15(14(18)10-13(11)17(21)22-2)20-6-5-19-16(20)12-3-7-23-8-4-12/h5-6,9-10,12H,3-4,7-8,18H2,1-2H3. The normalized spacial score (nSPS) is 15.6. The van der Waals surface area contributed by atoms with Gasteiger partial charge >= 0.3 is 5.97 Å². The van der Waals surface area contributed by atoms with Crippen molar-refractivity contribution < 1.29 is 14.3 Å². The first-order valence-electron chi connectivity index (χ1n) is 7.71. The fourth-order valence-electron chi connectivity index (χ4n) is 3.02. The molecule has 0 atom stereocenters. The summed E-state index contributed by atoms with van der Waals surface area (Å²) in [6.07, 6.45) is 5.60. The lowest BCUT2D eigenvalue weighted by atomic mass is 9.99. The number of nitrogens with zero attached hydrogens (tertiary/aromatic N) is 2. The molecule has 0 radical (unpaired) electrons. The van der Waals surface area contributed by atoms with Crippen molar-refractivity contribution in [2.24, 2.45) is 0 Å². The molecule has 23 heavy (non-hydrogen) atoms. The summed E-state index contributed by atoms with van der Waals surface area (Å²) >= 11 is 0. The number of ether oxygens (including phenoxy) is 2. The van der Waals surface area contributed by atoms with Crippen molar-refractivity contribution in [3.63, 3.8) is 0 Å². The number of methoxy groups -OCH3 is 1. The summed E-state index contributed by atoms with van der Waals surface area (Å²) in [7, 11) is 1.37. The molecule has 0 spiro atoms. The molecule has 6 nitrogen and oxygen atoms in total. The monoisotopic (exact) mass is 315 g/mol. The van der Waals surface area contributed by atoms with E-state index in [0.29, 0.717) is 17.2 Å². The Kier molecular flexibility index (Phi) is 4.34. The number of nitrogens with two attached hydrogens (primary N) is 1. The quantitative estimate of drug-likeness (QED) is 0.695. The molecule has 1 aromatic carbocycles. The third-order valence-electron chi connectivity index (χ3n) is 4.29. The van der Waals surface area contributed by atoms with Crippen molar-refractivity contribution in [2.45, 2.75) is 25.7 Å². The summed E-state index contributed by atoms with van der Waals surface area (Å²) in [5.74, 6) is 0.972. The van der Waals surface area contributed by atoms with Gasteiger partial charge in [0.15, 0.2) is 0 Å². The third kappa shape index (κ3) is 2.94. The summed E-state index contributed by atoms with van der Waals surface area (Å²) in [4.78, 5) is 16.3. The Hall–Kier alpha value is -2.34. The predicted molar refractivity (Wildman–Crippen MR) is 86.8 cm³/mol. The Balaban J connectivity index is 2.01. The first-order valence-corrected chi connectivity index (χ1v) is 7.71. The zero-order valence-corrected chi connectivity index (χ0v) is 13.4. The van der Waals surface area contributed by atoms with Gasteiger partial charge in [-0.05, 0) is 37.5 Å². The van der Waals surface area contributed by atoms with Gasteiger partial charge in [-0.1, -0.05) is 0 Å². The van der Waals surface area contributed by atoms with Gasteiger partial charge in [0, 0.05) is 31.5 Å². The second-order valence-electron chi connectivity index (χ2n) is 5.76. The zero-order valence-electron chi connectivity index (χ0n) is 13.4. The number of nitrogen functional groups attached to an aromatic ring is 1. The molecule has 0 bridgehead atoms. The number of benzene rings is 1. The molecule has 2 heterocycles. The third-order valence-corrected chi connectivity index (χ3v) is 4.29. The summed E-state index contributed by atoms with van der Waals surface area (Å²) in [6.45, 7) is 3.39. The van der Waals surface area contributed by atoms with Crippen LogP contribution in [0.4, 0.5) is 5.69 Å². The van der Waals surface area contributed by atoms with Crippen LogP contribution in [0.25, 0.3) is 5.69 Å². The van der Waals surface area contributed by atoms with Crippen molar-refractivity contribution in [2.75, 3.05) is 26.1 Å². The lowest BCUT2D eigenvalue weighted by Gasteiger charge is -2.23. The number of hydrogen-bond acceptors (Lipinski definition) is 5. The van der Waals surface area contributed by atoms with Crippen molar-refractivity contribution in [3.8, 4) is 5.69 Å². The molecule has 0 unspecified atom stereocenters. The number of aryl methyl sites for hydroxylation is 1. The SMILES string of the molecule is COC(=O)c1cc(N)c(-n2ccnc2C2CCOCC2)cc1C. The van der Waals surface area contributed by atoms with Crippen molar-refractivity contribution >= 4 is 11.7 Å². The molecule has 2 N–H and O–H groups in total. The van der Waals surface area contributed by atoms with Gasteiger partial charge in [-0.2, -0.15) is 0 Å². The molecule has 122 valence electrons. The summed E-state index contributed by atoms with van der Waals surface area (Å²) in [5, 5.41) is 0. The molecule has 3 rings (SSSR count). The Labute approximate surface area is 135 Å². The molecule has 1 aromatic heterocycles. The van der Waals surface area contributed by atoms with Crippen molar-refractivity contribution in [3.05, 3.63) is 41.5 Å². The van der Waals surface area contributed by atoms with Crippen LogP contribution < -0.4 is 5.73 Å². The minimum absolute atomic E-state index is 0.360. The Morgan fingerprint density at radius 1 is 1.39 bits per heavy atom. The highest BCUT2D eigenvalue weighted by molar-refractivity contribution is 5.93. The molecular formula is C17H21N3O3. The average Bonchev–Trinajstić information content (AvgIpc) is 3.06. The van der Waals surface area contributed by atoms with E-state index in [1.165, 1.54) is 7.11 Å². The fourth-order valence-corrected chi connectivity index (χ4v) is 3.02. The smallest absolute Gasteiger partial charge is 0.338 e. The van der Waals surface area contributed by atoms with Gasteiger partial charge in [0.25, 0.3) is 0 Å². The fraction of sp³-hybridized carbons (Fsp3) is 0.412. The highest BCUT2D eigenvalue weighted by Crippen LogP contribution is 2.30. The van der Waals surface area contributed by atoms with Crippen LogP contribution in [0, 0.1) is 6.92 Å². The number of hydrogen-bond donors (Lipinski definition) is 1. The molecular weight excluding hydrogens is 294 g/mol. The molecule has 0 aliphatic carbocycles. The van der Waals surface area contributed by atoms with Gasteiger partial charge < -0.3 is 19.8 Å². The lowest BCUT2D eigenvalue weighted by molar-refractivity contribution is 0.0600. The Bertz CT molecular complexity index is 718. The lowest BCUT2D eigenvalue weighted by Crippen LogP contribution is -2.18. The summed E-state index contributed by atoms with van der Waals surface area (Å²) in [5.41, 5.74) is 8.88. The van der Waals surface area contributed by atoms with E-state index in [9.17, 15) is 4.79 Å². The highest BCUT2D eigenvalue weighted by atomic mass is 16.5. The number of carbonyl (C=O) groups excluding carboxylic acids is 1. The van der Waals surface area contributed by atoms with E-state index in [2.05, 4.69) is 4.98 Å². The van der Waals surface area contributed by atoms with E-state index in [1.807, 2.05) is 23.8 Å². The summed E-state index contributed by atoms with van der Waals surface area (Å²) < 4.78 is 12.2. The number of imidazole rings is 1. The van der Waals surface area contributed by atoms with Crippen LogP contribution in [-0.4, -0.2) is 35.8 Å². The number of aromatic nitrogens is 2. The second kappa shape index (κ2) is 6.42. The topological polar surface area (TPSA) is 79.4 Å². The molecule has 0 amide bonds. The van der Waals surface area contributed by atoms with Crippen molar-refractivity contribution in [1.82, 2.24) is 9.55 Å². The van der Waals surface area contributed by atoms with Crippen LogP contribution in [0.15, 0.2) is 24.5 Å². The van der Waals surface area contributed by atoms with Gasteiger partial charge in [0.2, 0.25) is 0 Å². The summed E-state index contributed by atoms with van der Waals surface area (Å²) in [6, 6.07) is 3.58. The van der Waals surface area contributed by atoms with E-state index >= 15 is 0 Å². The molecule has 6 heteroatoms. The first-order chi connectivity index (χ1) is 11.1. The molecule has 2 aromatic rings. The number of esters is 1. The van der Waals surface area contributed by atoms with Gasteiger partial charge in [0.1, 0.15) is 5.82 Å². The maximum Gasteiger partial charge on any atom is 0.338 e. The Morgan fingerprint density at radius 2 is 2.13 bits per heavy atom. The van der Waals surface area contributed by atoms with Gasteiger partial charge in [-0.15, -0.1) is 0 Å². The second-order valence-corrected chi connectivity index (χ2v) is 5.76. The number of rotatable bonds is 3. The first kappa shape index (κ1) is 15.6. The van der Waals surface area contributed by atoms with Crippen LogP contribution in [0.2, 0.25) is 0 Å². The molecule has 1 saturated heterocycles. The van der Waals surface area contributed by atoms with Crippen molar-refractivity contribution in [1.29, 1.82) is 0 Å². The van der Waals surface area contributed by atoms with Gasteiger partial charge in [0.05, 0.1) is 24.0 Å². The van der Waals surface area contributed by atoms with E-state index < -0.39 is 0 Å². The molecule has 1 fully saturated rings. The van der Waals surface area contributed by atoms with Gasteiger partial charge in [-0.3, -0.25) is 0 Å². The Morgan fingerprint density at radius 3 is 2.83 bits per heavy atom. The zero-order chi connectivity index (χ0) is 16.4. The van der Waals surface area contributed by atoms with Gasteiger partial charge in [-0.25, -0.2) is 9.78 Å². The molecule has 0 saturated carbocycles.